The Morgan fingerprint density at radius 3 is 2.60 bits per heavy atom. The van der Waals surface area contributed by atoms with Crippen molar-refractivity contribution < 1.29 is 19.1 Å². The van der Waals surface area contributed by atoms with Gasteiger partial charge in [-0.15, -0.1) is 0 Å². The average Bonchev–Trinajstić information content (AvgIpc) is 3.15. The molecule has 0 radical (unpaired) electrons. The van der Waals surface area contributed by atoms with E-state index in [0.717, 1.165) is 16.5 Å². The number of carbonyl (C=O) groups excluding carboxylic acids is 2. The van der Waals surface area contributed by atoms with Gasteiger partial charge in [0.05, 0.1) is 13.7 Å². The van der Waals surface area contributed by atoms with E-state index in [1.54, 1.807) is 50.8 Å². The predicted molar refractivity (Wildman–Crippen MR) is 116 cm³/mol. The molecule has 1 unspecified atom stereocenters. The molecule has 0 aliphatic heterocycles. The van der Waals surface area contributed by atoms with Crippen molar-refractivity contribution in [2.45, 2.75) is 13.0 Å². The van der Waals surface area contributed by atoms with Crippen LogP contribution in [0.1, 0.15) is 22.8 Å². The number of aromatic amines is 1. The molecular weight excluding hydrogens is 382 g/mol. The Morgan fingerprint density at radius 2 is 1.90 bits per heavy atom. The van der Waals surface area contributed by atoms with Crippen molar-refractivity contribution in [3.63, 3.8) is 0 Å². The van der Waals surface area contributed by atoms with Crippen LogP contribution in [-0.4, -0.2) is 43.7 Å². The zero-order valence-electron chi connectivity index (χ0n) is 17.2. The number of hydrogen-bond acceptors (Lipinski definition) is 4. The minimum atomic E-state index is -0.402. The third kappa shape index (κ3) is 5.07. The summed E-state index contributed by atoms with van der Waals surface area (Å²) in [5.74, 6) is -0.0697. The third-order valence-electron chi connectivity index (χ3n) is 4.54. The monoisotopic (exact) mass is 407 g/mol. The number of H-pyrrole nitrogens is 1. The molecule has 1 aromatic heterocycles. The Hall–Kier alpha value is -3.58. The van der Waals surface area contributed by atoms with Crippen LogP contribution in [0.25, 0.3) is 17.0 Å². The summed E-state index contributed by atoms with van der Waals surface area (Å²) in [7, 11) is 3.16. The molecule has 0 saturated heterocycles. The van der Waals surface area contributed by atoms with E-state index in [1.807, 2.05) is 31.2 Å². The van der Waals surface area contributed by atoms with Crippen molar-refractivity contribution in [1.29, 1.82) is 0 Å². The van der Waals surface area contributed by atoms with Crippen LogP contribution in [-0.2, 0) is 9.53 Å². The van der Waals surface area contributed by atoms with Gasteiger partial charge in [0.2, 0.25) is 0 Å². The van der Waals surface area contributed by atoms with E-state index in [2.05, 4.69) is 15.6 Å². The van der Waals surface area contributed by atoms with E-state index in [1.165, 1.54) is 0 Å². The van der Waals surface area contributed by atoms with Crippen LogP contribution in [0.2, 0.25) is 0 Å². The van der Waals surface area contributed by atoms with E-state index in [9.17, 15) is 9.59 Å². The van der Waals surface area contributed by atoms with Crippen LogP contribution in [0.4, 0.5) is 0 Å². The van der Waals surface area contributed by atoms with E-state index in [0.29, 0.717) is 17.9 Å². The molecule has 1 atom stereocenters. The minimum absolute atomic E-state index is 0.135. The Morgan fingerprint density at radius 1 is 1.13 bits per heavy atom. The van der Waals surface area contributed by atoms with Gasteiger partial charge in [-0.25, -0.2) is 0 Å². The normalized spacial score (nSPS) is 12.4. The Bertz CT molecular complexity index is 1060. The van der Waals surface area contributed by atoms with E-state index < -0.39 is 5.91 Å². The lowest BCUT2D eigenvalue weighted by Crippen LogP contribution is -2.41. The molecule has 3 N–H and O–H groups in total. The molecule has 3 aromatic rings. The lowest BCUT2D eigenvalue weighted by atomic mass is 10.1. The Kier molecular flexibility index (Phi) is 6.87. The van der Waals surface area contributed by atoms with Gasteiger partial charge in [0.15, 0.2) is 0 Å². The highest BCUT2D eigenvalue weighted by Crippen LogP contribution is 2.25. The van der Waals surface area contributed by atoms with Gasteiger partial charge in [-0.05, 0) is 43.3 Å². The Labute approximate surface area is 175 Å². The summed E-state index contributed by atoms with van der Waals surface area (Å²) >= 11 is 0. The number of carbonyl (C=O) groups is 2. The number of methoxy groups -OCH3 is 2. The van der Waals surface area contributed by atoms with Crippen molar-refractivity contribution in [3.8, 4) is 5.75 Å². The number of ether oxygens (including phenoxy) is 2. The summed E-state index contributed by atoms with van der Waals surface area (Å²) in [6.45, 7) is 2.19. The van der Waals surface area contributed by atoms with Gasteiger partial charge in [-0.2, -0.15) is 0 Å². The summed E-state index contributed by atoms with van der Waals surface area (Å²) in [4.78, 5) is 28.7. The number of benzene rings is 2. The van der Waals surface area contributed by atoms with E-state index in [-0.39, 0.29) is 17.6 Å². The molecule has 0 spiro atoms. The lowest BCUT2D eigenvalue weighted by Gasteiger charge is -2.15. The van der Waals surface area contributed by atoms with Gasteiger partial charge in [0.1, 0.15) is 11.4 Å². The van der Waals surface area contributed by atoms with Crippen molar-refractivity contribution in [2.24, 2.45) is 0 Å². The van der Waals surface area contributed by atoms with Gasteiger partial charge in [-0.1, -0.05) is 18.2 Å². The number of amides is 2. The predicted octanol–water partition coefficient (Wildman–Crippen LogP) is 3.10. The quantitative estimate of drug-likeness (QED) is 0.500. The molecule has 0 bridgehead atoms. The Balaban J connectivity index is 1.96. The highest BCUT2D eigenvalue weighted by molar-refractivity contribution is 6.06. The SMILES string of the molecule is COCC(C)NC(=O)/C(=C/c1c[nH]c2ccc(OC)cc12)NC(=O)c1ccccc1. The molecule has 2 aromatic carbocycles. The highest BCUT2D eigenvalue weighted by atomic mass is 16.5. The van der Waals surface area contributed by atoms with E-state index >= 15 is 0 Å². The molecule has 156 valence electrons. The van der Waals surface area contributed by atoms with Crippen molar-refractivity contribution in [1.82, 2.24) is 15.6 Å². The molecule has 0 fully saturated rings. The second-order valence-corrected chi connectivity index (χ2v) is 6.86. The van der Waals surface area contributed by atoms with Crippen LogP contribution >= 0.6 is 0 Å². The molecule has 2 amide bonds. The van der Waals surface area contributed by atoms with Gasteiger partial charge in [0.25, 0.3) is 11.8 Å². The molecule has 0 saturated carbocycles. The van der Waals surface area contributed by atoms with Crippen LogP contribution in [0, 0.1) is 0 Å². The first-order valence-electron chi connectivity index (χ1n) is 9.55. The van der Waals surface area contributed by atoms with Crippen molar-refractivity contribution in [2.75, 3.05) is 20.8 Å². The van der Waals surface area contributed by atoms with Crippen molar-refractivity contribution in [3.05, 3.63) is 71.6 Å². The van der Waals surface area contributed by atoms with Gasteiger partial charge in [0, 0.05) is 41.4 Å². The molecule has 7 heteroatoms. The fourth-order valence-electron chi connectivity index (χ4n) is 3.06. The number of aromatic nitrogens is 1. The maximum Gasteiger partial charge on any atom is 0.268 e. The second-order valence-electron chi connectivity index (χ2n) is 6.86. The maximum absolute atomic E-state index is 12.9. The van der Waals surface area contributed by atoms with Crippen LogP contribution in [0.3, 0.4) is 0 Å². The lowest BCUT2D eigenvalue weighted by molar-refractivity contribution is -0.118. The standard InChI is InChI=1S/C23H25N3O4/c1-15(14-29-2)25-23(28)21(26-22(27)16-7-5-4-6-8-16)11-17-13-24-20-10-9-18(30-3)12-19(17)20/h4-13,15,24H,14H2,1-3H3,(H,25,28)(H,26,27)/b21-11-. The zero-order valence-corrected chi connectivity index (χ0v) is 17.2. The van der Waals surface area contributed by atoms with Crippen LogP contribution in [0.15, 0.2) is 60.4 Å². The summed E-state index contributed by atoms with van der Waals surface area (Å²) in [5, 5.41) is 6.45. The van der Waals surface area contributed by atoms with Gasteiger partial charge in [-0.3, -0.25) is 9.59 Å². The third-order valence-corrected chi connectivity index (χ3v) is 4.54. The zero-order chi connectivity index (χ0) is 21.5. The number of rotatable bonds is 8. The molecule has 0 aliphatic rings. The molecule has 0 aliphatic carbocycles. The first-order valence-corrected chi connectivity index (χ1v) is 9.55. The fraction of sp³-hybridized carbons (Fsp3) is 0.217. The first kappa shape index (κ1) is 21.1. The summed E-state index contributed by atoms with van der Waals surface area (Å²) in [6.07, 6.45) is 3.43. The van der Waals surface area contributed by atoms with Crippen LogP contribution < -0.4 is 15.4 Å². The molecule has 1 heterocycles. The van der Waals surface area contributed by atoms with Crippen LogP contribution in [0.5, 0.6) is 5.75 Å². The summed E-state index contributed by atoms with van der Waals surface area (Å²) in [6, 6.07) is 14.1. The van der Waals surface area contributed by atoms with Crippen molar-refractivity contribution >= 4 is 28.8 Å². The number of nitrogens with one attached hydrogen (secondary N) is 3. The first-order chi connectivity index (χ1) is 14.5. The van der Waals surface area contributed by atoms with Gasteiger partial charge < -0.3 is 25.1 Å². The second kappa shape index (κ2) is 9.76. The fourth-order valence-corrected chi connectivity index (χ4v) is 3.06. The van der Waals surface area contributed by atoms with E-state index in [4.69, 9.17) is 9.47 Å². The smallest absolute Gasteiger partial charge is 0.268 e. The highest BCUT2D eigenvalue weighted by Gasteiger charge is 2.17. The average molecular weight is 407 g/mol. The molecule has 30 heavy (non-hydrogen) atoms. The molecular formula is C23H25N3O4. The summed E-state index contributed by atoms with van der Waals surface area (Å²) < 4.78 is 10.4. The topological polar surface area (TPSA) is 92.4 Å². The number of fused-ring (bicyclic) bond motifs is 1. The molecule has 7 nitrogen and oxygen atoms in total. The molecule has 3 rings (SSSR count). The maximum atomic E-state index is 12.9. The largest absolute Gasteiger partial charge is 0.497 e. The minimum Gasteiger partial charge on any atom is -0.497 e. The number of hydrogen-bond donors (Lipinski definition) is 3. The van der Waals surface area contributed by atoms with Gasteiger partial charge >= 0.3 is 0 Å². The summed E-state index contributed by atoms with van der Waals surface area (Å²) in [5.41, 5.74) is 2.24.